The molecule has 2 atom stereocenters. The maximum absolute atomic E-state index is 5.90. The van der Waals surface area contributed by atoms with Crippen molar-refractivity contribution in [2.75, 3.05) is 0 Å². The van der Waals surface area contributed by atoms with Crippen LogP contribution in [0, 0.1) is 5.92 Å². The van der Waals surface area contributed by atoms with Crippen LogP contribution < -0.4 is 10.5 Å². The van der Waals surface area contributed by atoms with E-state index >= 15 is 0 Å². The summed E-state index contributed by atoms with van der Waals surface area (Å²) < 4.78 is 6.88. The van der Waals surface area contributed by atoms with Crippen molar-refractivity contribution in [3.8, 4) is 5.75 Å². The average Bonchev–Trinajstić information content (AvgIpc) is 2.19. The Labute approximate surface area is 113 Å². The predicted octanol–water partition coefficient (Wildman–Crippen LogP) is 4.28. The third kappa shape index (κ3) is 4.68. The molecular formula is C14H22BrNO. The normalized spacial score (nSPS) is 14.8. The fourth-order valence-corrected chi connectivity index (χ4v) is 2.31. The molecule has 0 saturated heterocycles. The smallest absolute Gasteiger partial charge is 0.133 e. The quantitative estimate of drug-likeness (QED) is 0.880. The molecule has 0 spiro atoms. The average molecular weight is 300 g/mol. The molecule has 0 heterocycles. The first-order chi connectivity index (χ1) is 7.90. The van der Waals surface area contributed by atoms with E-state index in [0.29, 0.717) is 5.92 Å². The summed E-state index contributed by atoms with van der Waals surface area (Å²) in [7, 11) is 0. The number of hydrogen-bond donors (Lipinski definition) is 1. The molecule has 0 aliphatic rings. The summed E-state index contributed by atoms with van der Waals surface area (Å²) in [5, 5.41) is 0. The zero-order chi connectivity index (χ0) is 13.0. The molecule has 0 aliphatic heterocycles. The first-order valence-corrected chi connectivity index (χ1v) is 6.91. The topological polar surface area (TPSA) is 35.2 Å². The van der Waals surface area contributed by atoms with Gasteiger partial charge in [-0.3, -0.25) is 0 Å². The molecule has 0 bridgehead atoms. The SMILES string of the molecule is CC(C)CC(C)Oc1ccc([C@H](C)N)cc1Br. The van der Waals surface area contributed by atoms with Crippen LogP contribution in [0.25, 0.3) is 0 Å². The van der Waals surface area contributed by atoms with E-state index in [9.17, 15) is 0 Å². The van der Waals surface area contributed by atoms with Gasteiger partial charge in [-0.15, -0.1) is 0 Å². The van der Waals surface area contributed by atoms with Crippen LogP contribution in [0.3, 0.4) is 0 Å². The lowest BCUT2D eigenvalue weighted by atomic mass is 10.1. The van der Waals surface area contributed by atoms with Crippen LogP contribution in [-0.4, -0.2) is 6.10 Å². The van der Waals surface area contributed by atoms with Gasteiger partial charge < -0.3 is 10.5 Å². The highest BCUT2D eigenvalue weighted by Crippen LogP contribution is 2.29. The van der Waals surface area contributed by atoms with E-state index in [1.807, 2.05) is 25.1 Å². The van der Waals surface area contributed by atoms with Gasteiger partial charge in [0.2, 0.25) is 0 Å². The molecule has 17 heavy (non-hydrogen) atoms. The van der Waals surface area contributed by atoms with Crippen molar-refractivity contribution in [2.24, 2.45) is 11.7 Å². The van der Waals surface area contributed by atoms with Crippen molar-refractivity contribution < 1.29 is 4.74 Å². The second-order valence-corrected chi connectivity index (χ2v) is 5.89. The van der Waals surface area contributed by atoms with E-state index in [2.05, 4.69) is 36.7 Å². The summed E-state index contributed by atoms with van der Waals surface area (Å²) >= 11 is 3.53. The number of rotatable bonds is 5. The number of hydrogen-bond acceptors (Lipinski definition) is 2. The van der Waals surface area contributed by atoms with Gasteiger partial charge in [0.25, 0.3) is 0 Å². The monoisotopic (exact) mass is 299 g/mol. The van der Waals surface area contributed by atoms with E-state index in [0.717, 1.165) is 22.2 Å². The minimum absolute atomic E-state index is 0.0495. The molecule has 1 aromatic rings. The van der Waals surface area contributed by atoms with Crippen LogP contribution in [0.2, 0.25) is 0 Å². The third-order valence-corrected chi connectivity index (χ3v) is 3.23. The van der Waals surface area contributed by atoms with Gasteiger partial charge in [-0.25, -0.2) is 0 Å². The molecule has 2 nitrogen and oxygen atoms in total. The Morgan fingerprint density at radius 3 is 2.35 bits per heavy atom. The molecule has 0 amide bonds. The fraction of sp³-hybridized carbons (Fsp3) is 0.571. The van der Waals surface area contributed by atoms with E-state index in [4.69, 9.17) is 10.5 Å². The van der Waals surface area contributed by atoms with Gasteiger partial charge in [0.05, 0.1) is 10.6 Å². The molecular weight excluding hydrogens is 278 g/mol. The Bertz CT molecular complexity index is 363. The van der Waals surface area contributed by atoms with Crippen LogP contribution in [0.4, 0.5) is 0 Å². The fourth-order valence-electron chi connectivity index (χ4n) is 1.82. The van der Waals surface area contributed by atoms with Crippen molar-refractivity contribution in [1.82, 2.24) is 0 Å². The lowest BCUT2D eigenvalue weighted by molar-refractivity contribution is 0.192. The van der Waals surface area contributed by atoms with Crippen LogP contribution in [0.5, 0.6) is 5.75 Å². The summed E-state index contributed by atoms with van der Waals surface area (Å²) in [6.07, 6.45) is 1.29. The van der Waals surface area contributed by atoms with Gasteiger partial charge in [0.15, 0.2) is 0 Å². The van der Waals surface area contributed by atoms with E-state index in [1.54, 1.807) is 0 Å². The zero-order valence-electron chi connectivity index (χ0n) is 11.0. The van der Waals surface area contributed by atoms with Crippen molar-refractivity contribution >= 4 is 15.9 Å². The van der Waals surface area contributed by atoms with Gasteiger partial charge in [-0.05, 0) is 59.8 Å². The van der Waals surface area contributed by atoms with Crippen LogP contribution in [-0.2, 0) is 0 Å². The largest absolute Gasteiger partial charge is 0.490 e. The molecule has 0 fully saturated rings. The molecule has 0 saturated carbocycles. The Morgan fingerprint density at radius 2 is 1.88 bits per heavy atom. The predicted molar refractivity (Wildman–Crippen MR) is 76.3 cm³/mol. The molecule has 96 valence electrons. The maximum atomic E-state index is 5.90. The highest BCUT2D eigenvalue weighted by atomic mass is 79.9. The minimum atomic E-state index is 0.0495. The summed E-state index contributed by atoms with van der Waals surface area (Å²) in [5.41, 5.74) is 6.95. The Kier molecular flexibility index (Phi) is 5.47. The van der Waals surface area contributed by atoms with Gasteiger partial charge in [-0.2, -0.15) is 0 Å². The van der Waals surface area contributed by atoms with Crippen LogP contribution in [0.1, 0.15) is 45.7 Å². The molecule has 2 N–H and O–H groups in total. The molecule has 3 heteroatoms. The molecule has 1 aromatic carbocycles. The Hall–Kier alpha value is -0.540. The second kappa shape index (κ2) is 6.41. The lowest BCUT2D eigenvalue weighted by Gasteiger charge is -2.18. The van der Waals surface area contributed by atoms with Crippen molar-refractivity contribution in [1.29, 1.82) is 0 Å². The maximum Gasteiger partial charge on any atom is 0.133 e. The van der Waals surface area contributed by atoms with Gasteiger partial charge in [0.1, 0.15) is 5.75 Å². The van der Waals surface area contributed by atoms with Gasteiger partial charge >= 0.3 is 0 Å². The van der Waals surface area contributed by atoms with Crippen LogP contribution >= 0.6 is 15.9 Å². The lowest BCUT2D eigenvalue weighted by Crippen LogP contribution is -2.15. The van der Waals surface area contributed by atoms with E-state index < -0.39 is 0 Å². The highest BCUT2D eigenvalue weighted by molar-refractivity contribution is 9.10. The number of nitrogens with two attached hydrogens (primary N) is 1. The minimum Gasteiger partial charge on any atom is -0.490 e. The number of ether oxygens (including phenoxy) is 1. The molecule has 1 unspecified atom stereocenters. The molecule has 0 radical (unpaired) electrons. The van der Waals surface area contributed by atoms with Crippen molar-refractivity contribution in [3.63, 3.8) is 0 Å². The standard InChI is InChI=1S/C14H22BrNO/c1-9(2)7-10(3)17-14-6-5-12(11(4)16)8-13(14)15/h5-6,8-11H,7,16H2,1-4H3/t10?,11-/m0/s1. The van der Waals surface area contributed by atoms with E-state index in [-0.39, 0.29) is 12.1 Å². The zero-order valence-corrected chi connectivity index (χ0v) is 12.6. The summed E-state index contributed by atoms with van der Waals surface area (Å²) in [6, 6.07) is 6.09. The van der Waals surface area contributed by atoms with Crippen LogP contribution in [0.15, 0.2) is 22.7 Å². The summed E-state index contributed by atoms with van der Waals surface area (Å²) in [4.78, 5) is 0. The molecule has 0 aliphatic carbocycles. The van der Waals surface area contributed by atoms with Crippen molar-refractivity contribution in [3.05, 3.63) is 28.2 Å². The highest BCUT2D eigenvalue weighted by Gasteiger charge is 2.10. The Balaban J connectivity index is 2.72. The Morgan fingerprint density at radius 1 is 1.24 bits per heavy atom. The summed E-state index contributed by atoms with van der Waals surface area (Å²) in [6.45, 7) is 8.48. The van der Waals surface area contributed by atoms with Gasteiger partial charge in [0, 0.05) is 6.04 Å². The first-order valence-electron chi connectivity index (χ1n) is 6.11. The molecule has 0 aromatic heterocycles. The third-order valence-electron chi connectivity index (χ3n) is 2.61. The molecule has 1 rings (SSSR count). The summed E-state index contributed by atoms with van der Waals surface area (Å²) in [5.74, 6) is 1.54. The van der Waals surface area contributed by atoms with Gasteiger partial charge in [-0.1, -0.05) is 19.9 Å². The number of benzene rings is 1. The first kappa shape index (κ1) is 14.5. The second-order valence-electron chi connectivity index (χ2n) is 5.04. The van der Waals surface area contributed by atoms with Crippen molar-refractivity contribution in [2.45, 2.75) is 46.3 Å². The van der Waals surface area contributed by atoms with E-state index in [1.165, 1.54) is 0 Å². The number of halogens is 1.